The number of pyridine rings is 1. The zero-order chi connectivity index (χ0) is 15.0. The number of rotatable bonds is 3. The second kappa shape index (κ2) is 5.32. The number of hydrogen-bond donors (Lipinski definition) is 1. The SMILES string of the molecule is CC1(C)Cc2cccc(C(O)Cc3ccncc3Cl)c2O1. The molecule has 2 aromatic rings. The zero-order valence-electron chi connectivity index (χ0n) is 12.1. The quantitative estimate of drug-likeness (QED) is 0.939. The molecule has 1 aliphatic rings. The third-order valence-electron chi connectivity index (χ3n) is 3.75. The molecule has 0 radical (unpaired) electrons. The summed E-state index contributed by atoms with van der Waals surface area (Å²) in [5.74, 6) is 0.820. The Kier molecular flexibility index (Phi) is 3.64. The number of halogens is 1. The van der Waals surface area contributed by atoms with Gasteiger partial charge in [-0.2, -0.15) is 0 Å². The van der Waals surface area contributed by atoms with Gasteiger partial charge >= 0.3 is 0 Å². The molecular weight excluding hydrogens is 286 g/mol. The Hall–Kier alpha value is -1.58. The van der Waals surface area contributed by atoms with E-state index >= 15 is 0 Å². The van der Waals surface area contributed by atoms with Crippen molar-refractivity contribution in [3.05, 3.63) is 58.4 Å². The molecule has 1 aromatic carbocycles. The fraction of sp³-hybridized carbons (Fsp3) is 0.353. The molecule has 3 nitrogen and oxygen atoms in total. The number of aliphatic hydroxyl groups excluding tert-OH is 1. The lowest BCUT2D eigenvalue weighted by molar-refractivity contribution is 0.126. The van der Waals surface area contributed by atoms with Gasteiger partial charge in [-0.15, -0.1) is 0 Å². The highest BCUT2D eigenvalue weighted by Crippen LogP contribution is 2.40. The molecule has 2 heterocycles. The van der Waals surface area contributed by atoms with Crippen molar-refractivity contribution < 1.29 is 9.84 Å². The summed E-state index contributed by atoms with van der Waals surface area (Å²) in [6, 6.07) is 7.77. The Bertz CT molecular complexity index is 670. The first-order valence-electron chi connectivity index (χ1n) is 7.03. The highest BCUT2D eigenvalue weighted by Gasteiger charge is 2.33. The molecule has 1 N–H and O–H groups in total. The van der Waals surface area contributed by atoms with E-state index in [1.807, 2.05) is 18.2 Å². The van der Waals surface area contributed by atoms with Crippen molar-refractivity contribution in [3.63, 3.8) is 0 Å². The number of para-hydroxylation sites is 1. The van der Waals surface area contributed by atoms with Gasteiger partial charge in [-0.3, -0.25) is 4.98 Å². The predicted octanol–water partition coefficient (Wildman–Crippen LogP) is 3.72. The molecule has 1 aromatic heterocycles. The van der Waals surface area contributed by atoms with Crippen LogP contribution in [0.5, 0.6) is 5.75 Å². The van der Waals surface area contributed by atoms with Gasteiger partial charge in [0.1, 0.15) is 11.4 Å². The average molecular weight is 304 g/mol. The Morgan fingerprint density at radius 2 is 2.19 bits per heavy atom. The second-order valence-corrected chi connectivity index (χ2v) is 6.47. The predicted molar refractivity (Wildman–Crippen MR) is 82.8 cm³/mol. The van der Waals surface area contributed by atoms with Crippen molar-refractivity contribution >= 4 is 11.6 Å². The fourth-order valence-electron chi connectivity index (χ4n) is 2.79. The van der Waals surface area contributed by atoms with Crippen molar-refractivity contribution in [2.45, 2.75) is 38.4 Å². The smallest absolute Gasteiger partial charge is 0.129 e. The van der Waals surface area contributed by atoms with Crippen molar-refractivity contribution in [1.82, 2.24) is 4.98 Å². The summed E-state index contributed by atoms with van der Waals surface area (Å²) in [5, 5.41) is 11.1. The molecule has 0 aliphatic carbocycles. The van der Waals surface area contributed by atoms with Crippen molar-refractivity contribution in [2.75, 3.05) is 0 Å². The molecule has 0 saturated heterocycles. The van der Waals surface area contributed by atoms with Crippen molar-refractivity contribution in [3.8, 4) is 5.75 Å². The van der Waals surface area contributed by atoms with Gasteiger partial charge in [0.2, 0.25) is 0 Å². The van der Waals surface area contributed by atoms with E-state index < -0.39 is 6.10 Å². The maximum atomic E-state index is 10.6. The summed E-state index contributed by atoms with van der Waals surface area (Å²) >= 11 is 6.11. The number of hydrogen-bond acceptors (Lipinski definition) is 3. The maximum Gasteiger partial charge on any atom is 0.129 e. The summed E-state index contributed by atoms with van der Waals surface area (Å²) in [6.07, 6.45) is 3.94. The van der Waals surface area contributed by atoms with Gasteiger partial charge in [0, 0.05) is 30.8 Å². The van der Waals surface area contributed by atoms with Crippen LogP contribution in [-0.2, 0) is 12.8 Å². The van der Waals surface area contributed by atoms with Gasteiger partial charge in [-0.25, -0.2) is 0 Å². The van der Waals surface area contributed by atoms with E-state index in [0.29, 0.717) is 11.4 Å². The van der Waals surface area contributed by atoms with Gasteiger partial charge < -0.3 is 9.84 Å². The van der Waals surface area contributed by atoms with E-state index in [2.05, 4.69) is 24.9 Å². The van der Waals surface area contributed by atoms with Crippen molar-refractivity contribution in [1.29, 1.82) is 0 Å². The van der Waals surface area contributed by atoms with Crippen LogP contribution in [0.3, 0.4) is 0 Å². The molecule has 21 heavy (non-hydrogen) atoms. The van der Waals surface area contributed by atoms with Gasteiger partial charge in [0.15, 0.2) is 0 Å². The van der Waals surface area contributed by atoms with Crippen LogP contribution >= 0.6 is 11.6 Å². The Balaban J connectivity index is 1.89. The normalized spacial score (nSPS) is 17.1. The molecule has 0 bridgehead atoms. The number of aliphatic hydroxyl groups is 1. The Morgan fingerprint density at radius 3 is 2.95 bits per heavy atom. The standard InChI is InChI=1S/C17H18ClNO2/c1-17(2)9-12-4-3-5-13(16(12)21-17)15(20)8-11-6-7-19-10-14(11)18/h3-7,10,15,20H,8-9H2,1-2H3. The molecule has 0 fully saturated rings. The number of nitrogens with zero attached hydrogens (tertiary/aromatic N) is 1. The first-order valence-corrected chi connectivity index (χ1v) is 7.41. The van der Waals surface area contributed by atoms with Gasteiger partial charge in [0.05, 0.1) is 11.1 Å². The second-order valence-electron chi connectivity index (χ2n) is 6.06. The van der Waals surface area contributed by atoms with Crippen LogP contribution in [0.15, 0.2) is 36.7 Å². The molecule has 4 heteroatoms. The number of benzene rings is 1. The molecule has 3 rings (SSSR count). The first-order chi connectivity index (χ1) is 9.96. The van der Waals surface area contributed by atoms with E-state index in [0.717, 1.165) is 28.9 Å². The van der Waals surface area contributed by atoms with Crippen molar-refractivity contribution in [2.24, 2.45) is 0 Å². The maximum absolute atomic E-state index is 10.6. The van der Waals surface area contributed by atoms with Crippen LogP contribution in [0.4, 0.5) is 0 Å². The van der Waals surface area contributed by atoms with Crippen LogP contribution in [0.25, 0.3) is 0 Å². The average Bonchev–Trinajstić information content (AvgIpc) is 2.74. The molecule has 0 spiro atoms. The topological polar surface area (TPSA) is 42.4 Å². The molecule has 0 saturated carbocycles. The third kappa shape index (κ3) is 2.89. The molecule has 1 atom stereocenters. The fourth-order valence-corrected chi connectivity index (χ4v) is 2.99. The minimum absolute atomic E-state index is 0.216. The summed E-state index contributed by atoms with van der Waals surface area (Å²) in [5.41, 5.74) is 2.64. The zero-order valence-corrected chi connectivity index (χ0v) is 12.9. The van der Waals surface area contributed by atoms with Gasteiger partial charge in [-0.1, -0.05) is 29.8 Å². The lowest BCUT2D eigenvalue weighted by Crippen LogP contribution is -2.25. The van der Waals surface area contributed by atoms with E-state index in [1.165, 1.54) is 0 Å². The summed E-state index contributed by atoms with van der Waals surface area (Å²) < 4.78 is 6.01. The molecule has 1 aliphatic heterocycles. The molecule has 0 amide bonds. The summed E-state index contributed by atoms with van der Waals surface area (Å²) in [6.45, 7) is 4.12. The van der Waals surface area contributed by atoms with E-state index in [1.54, 1.807) is 12.4 Å². The Labute approximate surface area is 129 Å². The lowest BCUT2D eigenvalue weighted by Gasteiger charge is -2.20. The number of aromatic nitrogens is 1. The Morgan fingerprint density at radius 1 is 1.38 bits per heavy atom. The summed E-state index contributed by atoms with van der Waals surface area (Å²) in [7, 11) is 0. The van der Waals surface area contributed by atoms with Crippen LogP contribution in [0, 0.1) is 0 Å². The van der Waals surface area contributed by atoms with Gasteiger partial charge in [0.25, 0.3) is 0 Å². The highest BCUT2D eigenvalue weighted by molar-refractivity contribution is 6.31. The molecule has 110 valence electrons. The highest BCUT2D eigenvalue weighted by atomic mass is 35.5. The third-order valence-corrected chi connectivity index (χ3v) is 4.09. The van der Waals surface area contributed by atoms with E-state index in [-0.39, 0.29) is 5.60 Å². The molecular formula is C17H18ClNO2. The lowest BCUT2D eigenvalue weighted by atomic mass is 9.97. The largest absolute Gasteiger partial charge is 0.487 e. The number of ether oxygens (including phenoxy) is 1. The monoisotopic (exact) mass is 303 g/mol. The minimum Gasteiger partial charge on any atom is -0.487 e. The van der Waals surface area contributed by atoms with E-state index in [4.69, 9.17) is 16.3 Å². The van der Waals surface area contributed by atoms with Crippen LogP contribution in [0.1, 0.15) is 36.6 Å². The van der Waals surface area contributed by atoms with Crippen LogP contribution < -0.4 is 4.74 Å². The molecule has 1 unspecified atom stereocenters. The number of fused-ring (bicyclic) bond motifs is 1. The first kappa shape index (κ1) is 14.4. The van der Waals surface area contributed by atoms with Crippen LogP contribution in [0.2, 0.25) is 5.02 Å². The summed E-state index contributed by atoms with van der Waals surface area (Å²) in [4.78, 5) is 3.96. The minimum atomic E-state index is -0.645. The van der Waals surface area contributed by atoms with E-state index in [9.17, 15) is 5.11 Å². The van der Waals surface area contributed by atoms with Gasteiger partial charge in [-0.05, 0) is 31.0 Å². The van der Waals surface area contributed by atoms with Crippen LogP contribution in [-0.4, -0.2) is 15.7 Å².